The molecule has 3 aromatic rings. The summed E-state index contributed by atoms with van der Waals surface area (Å²) < 4.78 is 11.5. The Morgan fingerprint density at radius 3 is 2.60 bits per heavy atom. The quantitative estimate of drug-likeness (QED) is 0.557. The molecule has 6 nitrogen and oxygen atoms in total. The second-order valence-corrected chi connectivity index (χ2v) is 8.32. The van der Waals surface area contributed by atoms with Crippen LogP contribution in [-0.2, 0) is 4.79 Å². The molecular formula is C23H20ClNO5. The van der Waals surface area contributed by atoms with E-state index in [1.54, 1.807) is 48.2 Å². The number of benzene rings is 1. The summed E-state index contributed by atoms with van der Waals surface area (Å²) >= 11 is 6.03. The van der Waals surface area contributed by atoms with Gasteiger partial charge in [0.2, 0.25) is 5.78 Å². The van der Waals surface area contributed by atoms with Crippen LogP contribution in [-0.4, -0.2) is 27.7 Å². The van der Waals surface area contributed by atoms with E-state index in [-0.39, 0.29) is 17.4 Å². The van der Waals surface area contributed by atoms with Gasteiger partial charge in [-0.05, 0) is 56.2 Å². The zero-order chi connectivity index (χ0) is 21.0. The van der Waals surface area contributed by atoms with Crippen LogP contribution in [0.4, 0.5) is 0 Å². The summed E-state index contributed by atoms with van der Waals surface area (Å²) in [5.74, 6) is -0.441. The van der Waals surface area contributed by atoms with Gasteiger partial charge in [-0.1, -0.05) is 24.4 Å². The fourth-order valence-electron chi connectivity index (χ4n) is 4.55. The standard InChI is InChI=1S/C23H20ClNO5/c1-12-6-8-17(29-12)20-19(22(27)23(28)25(20)15-4-2-3-5-15)21(26)18-11-13-10-14(24)7-9-16(13)30-18/h6-11,15,20,27H,2-5H2,1H3. The lowest BCUT2D eigenvalue weighted by Gasteiger charge is -2.30. The number of nitrogens with zero attached hydrogens (tertiary/aromatic N) is 1. The first-order chi connectivity index (χ1) is 14.4. The van der Waals surface area contributed by atoms with Gasteiger partial charge >= 0.3 is 0 Å². The highest BCUT2D eigenvalue weighted by Crippen LogP contribution is 2.44. The van der Waals surface area contributed by atoms with Crippen molar-refractivity contribution in [2.24, 2.45) is 0 Å². The molecule has 1 aliphatic carbocycles. The van der Waals surface area contributed by atoms with Crippen molar-refractivity contribution >= 4 is 34.3 Å². The lowest BCUT2D eigenvalue weighted by Crippen LogP contribution is -2.38. The highest BCUT2D eigenvalue weighted by molar-refractivity contribution is 6.31. The number of hydrogen-bond acceptors (Lipinski definition) is 5. The molecule has 1 fully saturated rings. The summed E-state index contributed by atoms with van der Waals surface area (Å²) in [7, 11) is 0. The Morgan fingerprint density at radius 1 is 1.13 bits per heavy atom. The van der Waals surface area contributed by atoms with E-state index in [1.807, 2.05) is 0 Å². The number of furan rings is 2. The second kappa shape index (κ2) is 7.06. The molecule has 2 aliphatic rings. The average Bonchev–Trinajstić information content (AvgIpc) is 3.49. The van der Waals surface area contributed by atoms with Crippen molar-refractivity contribution in [1.82, 2.24) is 4.90 Å². The van der Waals surface area contributed by atoms with E-state index in [4.69, 9.17) is 20.4 Å². The van der Waals surface area contributed by atoms with Gasteiger partial charge in [0, 0.05) is 16.5 Å². The van der Waals surface area contributed by atoms with Crippen LogP contribution in [0.15, 0.2) is 56.6 Å². The molecule has 154 valence electrons. The number of rotatable bonds is 4. The Hall–Kier alpha value is -2.99. The lowest BCUT2D eigenvalue weighted by molar-refractivity contribution is -0.132. The molecule has 0 spiro atoms. The lowest BCUT2D eigenvalue weighted by atomic mass is 9.98. The number of aryl methyl sites for hydroxylation is 1. The van der Waals surface area contributed by atoms with E-state index in [2.05, 4.69) is 0 Å². The third-order valence-corrected chi connectivity index (χ3v) is 6.17. The number of halogens is 1. The molecule has 2 aromatic heterocycles. The third kappa shape index (κ3) is 2.94. The van der Waals surface area contributed by atoms with Crippen LogP contribution in [0.25, 0.3) is 11.0 Å². The molecule has 1 aromatic carbocycles. The van der Waals surface area contributed by atoms with Crippen molar-refractivity contribution in [1.29, 1.82) is 0 Å². The first kappa shape index (κ1) is 19.0. The smallest absolute Gasteiger partial charge is 0.290 e. The largest absolute Gasteiger partial charge is 0.503 e. The molecule has 3 heterocycles. The topological polar surface area (TPSA) is 83.9 Å². The minimum Gasteiger partial charge on any atom is -0.503 e. The van der Waals surface area contributed by atoms with Gasteiger partial charge in [-0.3, -0.25) is 9.59 Å². The zero-order valence-electron chi connectivity index (χ0n) is 16.4. The maximum absolute atomic E-state index is 13.4. The first-order valence-electron chi connectivity index (χ1n) is 10.00. The number of aliphatic hydroxyl groups excluding tert-OH is 1. The van der Waals surface area contributed by atoms with Crippen LogP contribution in [0.1, 0.15) is 53.8 Å². The normalized spacial score (nSPS) is 20.1. The monoisotopic (exact) mass is 425 g/mol. The van der Waals surface area contributed by atoms with Crippen LogP contribution in [0.5, 0.6) is 0 Å². The van der Waals surface area contributed by atoms with Crippen molar-refractivity contribution in [3.63, 3.8) is 0 Å². The van der Waals surface area contributed by atoms with Crippen LogP contribution in [0, 0.1) is 6.92 Å². The van der Waals surface area contributed by atoms with Crippen molar-refractivity contribution in [2.75, 3.05) is 0 Å². The summed E-state index contributed by atoms with van der Waals surface area (Å²) in [6, 6.07) is 9.34. The summed E-state index contributed by atoms with van der Waals surface area (Å²) in [6.45, 7) is 1.80. The van der Waals surface area contributed by atoms with E-state index < -0.39 is 23.5 Å². The number of hydrogen-bond donors (Lipinski definition) is 1. The number of amides is 1. The van der Waals surface area contributed by atoms with E-state index in [9.17, 15) is 14.7 Å². The predicted octanol–water partition coefficient (Wildman–Crippen LogP) is 5.51. The SMILES string of the molecule is Cc1ccc(C2C(C(=O)c3cc4cc(Cl)ccc4o3)=C(O)C(=O)N2C2CCCC2)o1. The Balaban J connectivity index is 1.61. The summed E-state index contributed by atoms with van der Waals surface area (Å²) in [5, 5.41) is 11.9. The molecule has 1 aliphatic heterocycles. The molecule has 5 rings (SSSR count). The molecular weight excluding hydrogens is 406 g/mol. The van der Waals surface area contributed by atoms with Crippen LogP contribution in [0.2, 0.25) is 5.02 Å². The summed E-state index contributed by atoms with van der Waals surface area (Å²) in [4.78, 5) is 28.1. The van der Waals surface area contributed by atoms with Crippen molar-refractivity contribution < 1.29 is 23.5 Å². The molecule has 30 heavy (non-hydrogen) atoms. The number of carbonyl (C=O) groups excluding carboxylic acids is 2. The van der Waals surface area contributed by atoms with Gasteiger partial charge in [0.15, 0.2) is 11.5 Å². The maximum Gasteiger partial charge on any atom is 0.290 e. The maximum atomic E-state index is 13.4. The fourth-order valence-corrected chi connectivity index (χ4v) is 4.73. The van der Waals surface area contributed by atoms with Gasteiger partial charge in [0.1, 0.15) is 23.1 Å². The van der Waals surface area contributed by atoms with E-state index in [1.165, 1.54) is 0 Å². The molecule has 0 bridgehead atoms. The van der Waals surface area contributed by atoms with E-state index >= 15 is 0 Å². The fraction of sp³-hybridized carbons (Fsp3) is 0.304. The Bertz CT molecular complexity index is 1200. The molecule has 1 saturated carbocycles. The van der Waals surface area contributed by atoms with Gasteiger partial charge in [-0.2, -0.15) is 0 Å². The minimum atomic E-state index is -0.779. The molecule has 0 saturated heterocycles. The third-order valence-electron chi connectivity index (χ3n) is 5.94. The molecule has 1 amide bonds. The van der Waals surface area contributed by atoms with Gasteiger partial charge < -0.3 is 18.8 Å². The van der Waals surface area contributed by atoms with Gasteiger partial charge in [0.05, 0.1) is 5.57 Å². The molecule has 1 N–H and O–H groups in total. The second-order valence-electron chi connectivity index (χ2n) is 7.89. The average molecular weight is 426 g/mol. The Morgan fingerprint density at radius 2 is 1.90 bits per heavy atom. The van der Waals surface area contributed by atoms with Gasteiger partial charge in [0.25, 0.3) is 5.91 Å². The first-order valence-corrected chi connectivity index (χ1v) is 10.4. The number of carbonyl (C=O) groups is 2. The van der Waals surface area contributed by atoms with Crippen LogP contribution >= 0.6 is 11.6 Å². The highest BCUT2D eigenvalue weighted by atomic mass is 35.5. The van der Waals surface area contributed by atoms with Gasteiger partial charge in [-0.15, -0.1) is 0 Å². The minimum absolute atomic E-state index is 0.00796. The zero-order valence-corrected chi connectivity index (χ0v) is 17.1. The van der Waals surface area contributed by atoms with Crippen molar-refractivity contribution in [3.8, 4) is 0 Å². The summed E-state index contributed by atoms with van der Waals surface area (Å²) in [6.07, 6.45) is 3.68. The highest BCUT2D eigenvalue weighted by Gasteiger charge is 2.49. The van der Waals surface area contributed by atoms with E-state index in [0.717, 1.165) is 25.7 Å². The number of Topliss-reactive ketones (excluding diaryl/α,β-unsaturated/α-hetero) is 1. The van der Waals surface area contributed by atoms with Crippen molar-refractivity contribution in [2.45, 2.75) is 44.7 Å². The number of fused-ring (bicyclic) bond motifs is 1. The van der Waals surface area contributed by atoms with Crippen LogP contribution < -0.4 is 0 Å². The van der Waals surface area contributed by atoms with Crippen molar-refractivity contribution in [3.05, 3.63) is 70.0 Å². The molecule has 1 atom stereocenters. The van der Waals surface area contributed by atoms with Crippen LogP contribution in [0.3, 0.4) is 0 Å². The Labute approximate surface area is 177 Å². The summed E-state index contributed by atoms with van der Waals surface area (Å²) in [5.41, 5.74) is 0.497. The predicted molar refractivity (Wildman–Crippen MR) is 110 cm³/mol. The number of ketones is 1. The van der Waals surface area contributed by atoms with E-state index in [0.29, 0.717) is 27.5 Å². The Kier molecular flexibility index (Phi) is 4.47. The molecule has 0 radical (unpaired) electrons. The number of aliphatic hydroxyl groups is 1. The van der Waals surface area contributed by atoms with Gasteiger partial charge in [-0.25, -0.2) is 0 Å². The molecule has 7 heteroatoms. The molecule has 1 unspecified atom stereocenters.